The predicted octanol–water partition coefficient (Wildman–Crippen LogP) is 4.66. The Morgan fingerprint density at radius 3 is 2.50 bits per heavy atom. The van der Waals surface area contributed by atoms with Crippen LogP contribution in [-0.4, -0.2) is 18.5 Å². The molecule has 0 atom stereocenters. The molecule has 1 aliphatic carbocycles. The van der Waals surface area contributed by atoms with Gasteiger partial charge in [-0.25, -0.2) is 0 Å². The van der Waals surface area contributed by atoms with Crippen molar-refractivity contribution < 1.29 is 9.53 Å². The summed E-state index contributed by atoms with van der Waals surface area (Å²) in [5.74, 6) is 0.143. The first-order valence-electron chi connectivity index (χ1n) is 6.01. The molecule has 0 heterocycles. The SMILES string of the molecule is COC1(CC(=O)c2cc(Br)c(C)cc2Br)CCC1. The third-order valence-electron chi connectivity index (χ3n) is 3.73. The van der Waals surface area contributed by atoms with Crippen LogP contribution in [0, 0.1) is 6.92 Å². The van der Waals surface area contributed by atoms with Gasteiger partial charge < -0.3 is 4.74 Å². The predicted molar refractivity (Wildman–Crippen MR) is 79.1 cm³/mol. The second kappa shape index (κ2) is 5.43. The van der Waals surface area contributed by atoms with Crippen LogP contribution in [0.15, 0.2) is 21.1 Å². The summed E-state index contributed by atoms with van der Waals surface area (Å²) in [6, 6.07) is 3.86. The van der Waals surface area contributed by atoms with E-state index >= 15 is 0 Å². The van der Waals surface area contributed by atoms with Gasteiger partial charge in [0.2, 0.25) is 0 Å². The van der Waals surface area contributed by atoms with E-state index in [9.17, 15) is 4.79 Å². The Balaban J connectivity index is 2.21. The first-order chi connectivity index (χ1) is 8.47. The maximum absolute atomic E-state index is 12.4. The van der Waals surface area contributed by atoms with Gasteiger partial charge in [0.1, 0.15) is 0 Å². The number of ether oxygens (including phenoxy) is 1. The van der Waals surface area contributed by atoms with Crippen LogP contribution >= 0.6 is 31.9 Å². The lowest BCUT2D eigenvalue weighted by atomic mass is 9.76. The van der Waals surface area contributed by atoms with E-state index in [1.165, 1.54) is 0 Å². The molecule has 0 unspecified atom stereocenters. The van der Waals surface area contributed by atoms with Gasteiger partial charge in [-0.1, -0.05) is 31.9 Å². The van der Waals surface area contributed by atoms with E-state index in [1.807, 2.05) is 19.1 Å². The Morgan fingerprint density at radius 1 is 1.33 bits per heavy atom. The number of Topliss-reactive ketones (excluding diaryl/α,β-unsaturated/α-hetero) is 1. The number of rotatable bonds is 4. The summed E-state index contributed by atoms with van der Waals surface area (Å²) in [4.78, 5) is 12.4. The minimum atomic E-state index is -0.214. The normalized spacial score (nSPS) is 17.3. The smallest absolute Gasteiger partial charge is 0.166 e. The average molecular weight is 376 g/mol. The number of halogens is 2. The van der Waals surface area contributed by atoms with Crippen LogP contribution in [-0.2, 0) is 4.74 Å². The fourth-order valence-electron chi connectivity index (χ4n) is 2.27. The molecule has 0 amide bonds. The lowest BCUT2D eigenvalue weighted by Crippen LogP contribution is -2.41. The molecule has 98 valence electrons. The van der Waals surface area contributed by atoms with Gasteiger partial charge in [-0.05, 0) is 43.9 Å². The number of carbonyl (C=O) groups excluding carboxylic acids is 1. The maximum atomic E-state index is 12.4. The summed E-state index contributed by atoms with van der Waals surface area (Å²) >= 11 is 6.94. The molecule has 0 aliphatic heterocycles. The van der Waals surface area contributed by atoms with Gasteiger partial charge in [0, 0.05) is 28.0 Å². The highest BCUT2D eigenvalue weighted by molar-refractivity contribution is 9.11. The highest BCUT2D eigenvalue weighted by Crippen LogP contribution is 2.39. The van der Waals surface area contributed by atoms with E-state index in [-0.39, 0.29) is 11.4 Å². The molecule has 0 spiro atoms. The van der Waals surface area contributed by atoms with Gasteiger partial charge in [0.05, 0.1) is 5.60 Å². The highest BCUT2D eigenvalue weighted by atomic mass is 79.9. The monoisotopic (exact) mass is 374 g/mol. The van der Waals surface area contributed by atoms with Gasteiger partial charge in [0.25, 0.3) is 0 Å². The molecular formula is C14H16Br2O2. The van der Waals surface area contributed by atoms with E-state index in [1.54, 1.807) is 7.11 Å². The Hall–Kier alpha value is -0.190. The zero-order chi connectivity index (χ0) is 13.3. The van der Waals surface area contributed by atoms with Crippen LogP contribution in [0.25, 0.3) is 0 Å². The molecule has 4 heteroatoms. The van der Waals surface area contributed by atoms with E-state index < -0.39 is 0 Å². The molecule has 1 saturated carbocycles. The highest BCUT2D eigenvalue weighted by Gasteiger charge is 2.39. The standard InChI is InChI=1S/C14H16Br2O2/c1-9-6-12(16)10(7-11(9)15)13(17)8-14(18-2)4-3-5-14/h6-7H,3-5,8H2,1-2H3. The largest absolute Gasteiger partial charge is 0.378 e. The molecule has 1 aliphatic rings. The molecule has 1 fully saturated rings. The van der Waals surface area contributed by atoms with Crippen molar-refractivity contribution in [3.05, 3.63) is 32.2 Å². The minimum Gasteiger partial charge on any atom is -0.378 e. The van der Waals surface area contributed by atoms with Crippen molar-refractivity contribution in [2.75, 3.05) is 7.11 Å². The lowest BCUT2D eigenvalue weighted by molar-refractivity contribution is -0.0704. The molecule has 2 nitrogen and oxygen atoms in total. The second-order valence-corrected chi connectivity index (χ2v) is 6.63. The molecule has 1 aromatic rings. The second-order valence-electron chi connectivity index (χ2n) is 4.92. The van der Waals surface area contributed by atoms with Gasteiger partial charge in [-0.15, -0.1) is 0 Å². The minimum absolute atomic E-state index is 0.143. The molecule has 18 heavy (non-hydrogen) atoms. The van der Waals surface area contributed by atoms with Crippen LogP contribution in [0.1, 0.15) is 41.6 Å². The zero-order valence-corrected chi connectivity index (χ0v) is 13.7. The number of hydrogen-bond donors (Lipinski definition) is 0. The maximum Gasteiger partial charge on any atom is 0.166 e. The number of hydrogen-bond acceptors (Lipinski definition) is 2. The average Bonchev–Trinajstić information content (AvgIpc) is 2.28. The number of ketones is 1. The number of carbonyl (C=O) groups is 1. The first-order valence-corrected chi connectivity index (χ1v) is 7.60. The fourth-order valence-corrected chi connectivity index (χ4v) is 3.29. The van der Waals surface area contributed by atoms with Crippen molar-refractivity contribution in [1.82, 2.24) is 0 Å². The van der Waals surface area contributed by atoms with Crippen molar-refractivity contribution in [2.45, 2.75) is 38.2 Å². The summed E-state index contributed by atoms with van der Waals surface area (Å²) in [6.45, 7) is 2.01. The molecule has 1 aromatic carbocycles. The molecule has 0 aromatic heterocycles. The summed E-state index contributed by atoms with van der Waals surface area (Å²) in [5, 5.41) is 0. The van der Waals surface area contributed by atoms with Crippen molar-refractivity contribution in [3.63, 3.8) is 0 Å². The van der Waals surface area contributed by atoms with Crippen molar-refractivity contribution in [3.8, 4) is 0 Å². The zero-order valence-electron chi connectivity index (χ0n) is 10.6. The fraction of sp³-hybridized carbons (Fsp3) is 0.500. The quantitative estimate of drug-likeness (QED) is 0.715. The number of benzene rings is 1. The first kappa shape index (κ1) is 14.2. The van der Waals surface area contributed by atoms with Crippen molar-refractivity contribution in [1.29, 1.82) is 0 Å². The Kier molecular flexibility index (Phi) is 4.29. The van der Waals surface area contributed by atoms with Gasteiger partial charge in [-0.3, -0.25) is 4.79 Å². The van der Waals surface area contributed by atoms with Crippen molar-refractivity contribution in [2.24, 2.45) is 0 Å². The molecule has 0 saturated heterocycles. The van der Waals surface area contributed by atoms with Gasteiger partial charge in [0.15, 0.2) is 5.78 Å². The topological polar surface area (TPSA) is 26.3 Å². The third kappa shape index (κ3) is 2.70. The van der Waals surface area contributed by atoms with Crippen LogP contribution in [0.2, 0.25) is 0 Å². The molecule has 0 N–H and O–H groups in total. The molecular weight excluding hydrogens is 360 g/mol. The van der Waals surface area contributed by atoms with Crippen LogP contribution in [0.5, 0.6) is 0 Å². The lowest BCUT2D eigenvalue weighted by Gasteiger charge is -2.40. The van der Waals surface area contributed by atoms with Crippen LogP contribution in [0.4, 0.5) is 0 Å². The Morgan fingerprint density at radius 2 is 2.00 bits per heavy atom. The van der Waals surface area contributed by atoms with E-state index in [2.05, 4.69) is 31.9 Å². The third-order valence-corrected chi connectivity index (χ3v) is 5.24. The van der Waals surface area contributed by atoms with Gasteiger partial charge in [-0.2, -0.15) is 0 Å². The van der Waals surface area contributed by atoms with Crippen molar-refractivity contribution >= 4 is 37.6 Å². The Bertz CT molecular complexity index is 473. The summed E-state index contributed by atoms with van der Waals surface area (Å²) in [6.07, 6.45) is 3.59. The summed E-state index contributed by atoms with van der Waals surface area (Å²) in [5.41, 5.74) is 1.63. The molecule has 2 rings (SSSR count). The van der Waals surface area contributed by atoms with E-state index in [0.717, 1.165) is 39.3 Å². The number of aryl methyl sites for hydroxylation is 1. The Labute approximate surface area is 124 Å². The van der Waals surface area contributed by atoms with E-state index in [0.29, 0.717) is 6.42 Å². The summed E-state index contributed by atoms with van der Waals surface area (Å²) in [7, 11) is 1.70. The number of methoxy groups -OCH3 is 1. The molecule has 0 radical (unpaired) electrons. The van der Waals surface area contributed by atoms with Crippen LogP contribution in [0.3, 0.4) is 0 Å². The summed E-state index contributed by atoms with van der Waals surface area (Å²) < 4.78 is 7.34. The molecule has 0 bridgehead atoms. The van der Waals surface area contributed by atoms with Crippen LogP contribution < -0.4 is 0 Å². The van der Waals surface area contributed by atoms with Gasteiger partial charge >= 0.3 is 0 Å². The van der Waals surface area contributed by atoms with E-state index in [4.69, 9.17) is 4.74 Å².